The number of carboxylic acid groups (broad SMARTS) is 1. The van der Waals surface area contributed by atoms with E-state index >= 15 is 0 Å². The van der Waals surface area contributed by atoms with E-state index in [0.29, 0.717) is 11.3 Å². The summed E-state index contributed by atoms with van der Waals surface area (Å²) in [5, 5.41) is 9.04. The Bertz CT molecular complexity index is 537. The maximum atomic E-state index is 11.0. The normalized spacial score (nSPS) is 10.4. The van der Waals surface area contributed by atoms with E-state index in [-0.39, 0.29) is 0 Å². The van der Waals surface area contributed by atoms with Crippen LogP contribution >= 0.6 is 11.8 Å². The molecule has 0 aliphatic heterocycles. The summed E-state index contributed by atoms with van der Waals surface area (Å²) in [6.07, 6.45) is 3.61. The van der Waals surface area contributed by atoms with Gasteiger partial charge in [0.25, 0.3) is 0 Å². The Hall–Kier alpha value is -1.75. The highest BCUT2D eigenvalue weighted by Gasteiger charge is 2.10. The molecule has 0 saturated heterocycles. The van der Waals surface area contributed by atoms with Crippen LogP contribution in [-0.2, 0) is 12.8 Å². The van der Waals surface area contributed by atoms with Crippen molar-refractivity contribution in [2.75, 3.05) is 0 Å². The van der Waals surface area contributed by atoms with Gasteiger partial charge in [0, 0.05) is 24.3 Å². The van der Waals surface area contributed by atoms with Crippen molar-refractivity contribution in [2.24, 2.45) is 7.05 Å². The van der Waals surface area contributed by atoms with E-state index < -0.39 is 5.97 Å². The fraction of sp³-hybridized carbons (Fsp3) is 0.167. The van der Waals surface area contributed by atoms with Gasteiger partial charge in [-0.3, -0.25) is 0 Å². The highest BCUT2D eigenvalue weighted by atomic mass is 32.2. The number of benzene rings is 1. The summed E-state index contributed by atoms with van der Waals surface area (Å²) in [6, 6.07) is 7.00. The molecular weight excluding hydrogens is 236 g/mol. The molecule has 17 heavy (non-hydrogen) atoms. The molecule has 0 saturated carbocycles. The van der Waals surface area contributed by atoms with Crippen molar-refractivity contribution in [1.82, 2.24) is 9.55 Å². The number of hydrogen-bond donors (Lipinski definition) is 1. The topological polar surface area (TPSA) is 55.1 Å². The summed E-state index contributed by atoms with van der Waals surface area (Å²) in [5.41, 5.74) is 0.340. The summed E-state index contributed by atoms with van der Waals surface area (Å²) in [7, 11) is 1.92. The Morgan fingerprint density at radius 3 is 2.88 bits per heavy atom. The first-order chi connectivity index (χ1) is 8.18. The van der Waals surface area contributed by atoms with Crippen LogP contribution < -0.4 is 0 Å². The number of aromatic nitrogens is 2. The van der Waals surface area contributed by atoms with E-state index in [2.05, 4.69) is 4.98 Å². The van der Waals surface area contributed by atoms with Gasteiger partial charge < -0.3 is 9.67 Å². The van der Waals surface area contributed by atoms with Crippen LogP contribution in [0.1, 0.15) is 16.2 Å². The van der Waals surface area contributed by atoms with Gasteiger partial charge in [-0.25, -0.2) is 9.78 Å². The second-order valence-electron chi connectivity index (χ2n) is 3.54. The van der Waals surface area contributed by atoms with Gasteiger partial charge in [0.1, 0.15) is 5.82 Å². The Balaban J connectivity index is 2.14. The quantitative estimate of drug-likeness (QED) is 0.844. The zero-order valence-corrected chi connectivity index (χ0v) is 10.1. The van der Waals surface area contributed by atoms with Crippen molar-refractivity contribution in [3.05, 3.63) is 48.0 Å². The lowest BCUT2D eigenvalue weighted by Crippen LogP contribution is -1.99. The monoisotopic (exact) mass is 248 g/mol. The second kappa shape index (κ2) is 5.05. The predicted molar refractivity (Wildman–Crippen MR) is 66.2 cm³/mol. The molecule has 1 N–H and O–H groups in total. The van der Waals surface area contributed by atoms with E-state index in [0.717, 1.165) is 10.7 Å². The van der Waals surface area contributed by atoms with Crippen molar-refractivity contribution >= 4 is 17.7 Å². The van der Waals surface area contributed by atoms with Crippen molar-refractivity contribution in [3.8, 4) is 0 Å². The maximum absolute atomic E-state index is 11.0. The first-order valence-corrected chi connectivity index (χ1v) is 6.08. The van der Waals surface area contributed by atoms with Crippen LogP contribution in [0.2, 0.25) is 0 Å². The molecule has 0 unspecified atom stereocenters. The van der Waals surface area contributed by atoms with E-state index in [4.69, 9.17) is 5.11 Å². The van der Waals surface area contributed by atoms with Crippen molar-refractivity contribution in [2.45, 2.75) is 10.6 Å². The highest BCUT2D eigenvalue weighted by molar-refractivity contribution is 7.98. The Morgan fingerprint density at radius 1 is 1.47 bits per heavy atom. The summed E-state index contributed by atoms with van der Waals surface area (Å²) in [6.45, 7) is 0. The molecule has 1 heterocycles. The van der Waals surface area contributed by atoms with Crippen LogP contribution in [0.25, 0.3) is 0 Å². The van der Waals surface area contributed by atoms with Crippen LogP contribution in [0, 0.1) is 0 Å². The molecular formula is C12H12N2O2S. The number of hydrogen-bond acceptors (Lipinski definition) is 3. The van der Waals surface area contributed by atoms with Crippen LogP contribution in [-0.4, -0.2) is 20.6 Å². The van der Waals surface area contributed by atoms with Gasteiger partial charge >= 0.3 is 5.97 Å². The number of imidazole rings is 1. The molecule has 0 fully saturated rings. The van der Waals surface area contributed by atoms with Crippen LogP contribution in [0.4, 0.5) is 0 Å². The summed E-state index contributed by atoms with van der Waals surface area (Å²) < 4.78 is 1.93. The Kier molecular flexibility index (Phi) is 3.49. The lowest BCUT2D eigenvalue weighted by Gasteiger charge is -2.05. The highest BCUT2D eigenvalue weighted by Crippen LogP contribution is 2.25. The third-order valence-corrected chi connectivity index (χ3v) is 3.46. The molecule has 4 nitrogen and oxygen atoms in total. The van der Waals surface area contributed by atoms with Gasteiger partial charge in [-0.05, 0) is 12.1 Å². The van der Waals surface area contributed by atoms with Gasteiger partial charge in [-0.15, -0.1) is 11.8 Å². The second-order valence-corrected chi connectivity index (χ2v) is 4.56. The molecule has 0 spiro atoms. The minimum Gasteiger partial charge on any atom is -0.478 e. The minimum atomic E-state index is -0.895. The molecule has 5 heteroatoms. The predicted octanol–water partition coefficient (Wildman–Crippen LogP) is 2.41. The number of carboxylic acids is 1. The Labute approximate surface area is 103 Å². The number of aryl methyl sites for hydroxylation is 1. The lowest BCUT2D eigenvalue weighted by atomic mass is 10.2. The maximum Gasteiger partial charge on any atom is 0.336 e. The van der Waals surface area contributed by atoms with E-state index in [1.807, 2.05) is 29.9 Å². The zero-order chi connectivity index (χ0) is 12.3. The van der Waals surface area contributed by atoms with Crippen LogP contribution in [0.3, 0.4) is 0 Å². The molecule has 2 aromatic rings. The molecule has 1 aromatic heterocycles. The molecule has 0 atom stereocenters. The average molecular weight is 248 g/mol. The average Bonchev–Trinajstić information content (AvgIpc) is 2.72. The van der Waals surface area contributed by atoms with Crippen molar-refractivity contribution in [1.29, 1.82) is 0 Å². The van der Waals surface area contributed by atoms with E-state index in [1.165, 1.54) is 11.8 Å². The van der Waals surface area contributed by atoms with Gasteiger partial charge in [-0.1, -0.05) is 12.1 Å². The number of thioether (sulfide) groups is 1. The number of carbonyl (C=O) groups is 1. The van der Waals surface area contributed by atoms with Gasteiger partial charge in [-0.2, -0.15) is 0 Å². The van der Waals surface area contributed by atoms with Crippen LogP contribution in [0.5, 0.6) is 0 Å². The molecule has 0 bridgehead atoms. The van der Waals surface area contributed by atoms with Crippen molar-refractivity contribution < 1.29 is 9.90 Å². The molecule has 0 radical (unpaired) electrons. The van der Waals surface area contributed by atoms with Gasteiger partial charge in [0.15, 0.2) is 0 Å². The van der Waals surface area contributed by atoms with Crippen molar-refractivity contribution in [3.63, 3.8) is 0 Å². The number of nitrogens with zero attached hydrogens (tertiary/aromatic N) is 2. The first-order valence-electron chi connectivity index (χ1n) is 5.10. The number of rotatable bonds is 4. The first kappa shape index (κ1) is 11.7. The van der Waals surface area contributed by atoms with E-state index in [9.17, 15) is 4.79 Å². The fourth-order valence-electron chi connectivity index (χ4n) is 1.45. The summed E-state index contributed by atoms with van der Waals surface area (Å²) in [4.78, 5) is 16.0. The molecule has 0 amide bonds. The minimum absolute atomic E-state index is 0.340. The largest absolute Gasteiger partial charge is 0.478 e. The number of aromatic carboxylic acids is 1. The third kappa shape index (κ3) is 2.68. The van der Waals surface area contributed by atoms with Crippen LogP contribution in [0.15, 0.2) is 41.6 Å². The van der Waals surface area contributed by atoms with E-state index in [1.54, 1.807) is 18.3 Å². The molecule has 0 aliphatic rings. The van der Waals surface area contributed by atoms with Gasteiger partial charge in [0.2, 0.25) is 0 Å². The third-order valence-electron chi connectivity index (χ3n) is 2.40. The molecule has 0 aliphatic carbocycles. The summed E-state index contributed by atoms with van der Waals surface area (Å²) >= 11 is 1.48. The molecule has 1 aromatic carbocycles. The van der Waals surface area contributed by atoms with Gasteiger partial charge in [0.05, 0.1) is 11.3 Å². The fourth-order valence-corrected chi connectivity index (χ4v) is 2.50. The zero-order valence-electron chi connectivity index (χ0n) is 9.33. The SMILES string of the molecule is Cn1ccnc1CSc1ccccc1C(=O)O. The molecule has 2 rings (SSSR count). The lowest BCUT2D eigenvalue weighted by molar-refractivity contribution is 0.0693. The standard InChI is InChI=1S/C12H12N2O2S/c1-14-7-6-13-11(14)8-17-10-5-3-2-4-9(10)12(15)16/h2-7H,8H2,1H3,(H,15,16). The Morgan fingerprint density at radius 2 is 2.24 bits per heavy atom. The molecule has 88 valence electrons. The smallest absolute Gasteiger partial charge is 0.336 e. The summed E-state index contributed by atoms with van der Waals surface area (Å²) in [5.74, 6) is 0.691.